The number of carboxylic acid groups (broad SMARTS) is 1. The molecule has 0 aromatic rings. The molecule has 0 aromatic heterocycles. The number of aliphatic hydroxyl groups excluding tert-OH is 1. The summed E-state index contributed by atoms with van der Waals surface area (Å²) in [5.41, 5.74) is 0. The Labute approximate surface area is 257 Å². The fourth-order valence-corrected chi connectivity index (χ4v) is 4.62. The normalized spacial score (nSPS) is 13.8. The van der Waals surface area contributed by atoms with E-state index in [4.69, 9.17) is 9.47 Å². The van der Waals surface area contributed by atoms with Gasteiger partial charge < -0.3 is 24.2 Å². The number of ether oxygens (including phenoxy) is 2. The Morgan fingerprint density at radius 3 is 1.74 bits per heavy atom. The lowest BCUT2D eigenvalue weighted by atomic mass is 10.1. The summed E-state index contributed by atoms with van der Waals surface area (Å²) in [5, 5.41) is 19.3. The lowest BCUT2D eigenvalue weighted by Gasteiger charge is -2.31. The third-order valence-electron chi connectivity index (χ3n) is 7.27. The lowest BCUT2D eigenvalue weighted by molar-refractivity contribution is -0.887. The molecule has 0 bridgehead atoms. The van der Waals surface area contributed by atoms with Gasteiger partial charge in [-0.3, -0.25) is 4.79 Å². The summed E-state index contributed by atoms with van der Waals surface area (Å²) < 4.78 is 10.8. The van der Waals surface area contributed by atoms with E-state index in [1.165, 1.54) is 70.6 Å². The van der Waals surface area contributed by atoms with Crippen LogP contribution < -0.4 is 0 Å². The van der Waals surface area contributed by atoms with Gasteiger partial charge in [0, 0.05) is 12.8 Å². The molecule has 7 nitrogen and oxygen atoms in total. The fourth-order valence-electron chi connectivity index (χ4n) is 4.62. The third-order valence-corrected chi connectivity index (χ3v) is 7.27. The van der Waals surface area contributed by atoms with E-state index in [1.807, 2.05) is 21.1 Å². The van der Waals surface area contributed by atoms with Crippen LogP contribution in [0.4, 0.5) is 0 Å². The van der Waals surface area contributed by atoms with Crippen LogP contribution in [-0.2, 0) is 19.1 Å². The first-order valence-electron chi connectivity index (χ1n) is 16.6. The number of esters is 1. The highest BCUT2D eigenvalue weighted by molar-refractivity contribution is 5.72. The maximum atomic E-state index is 11.9. The number of rotatable bonds is 29. The highest BCUT2D eigenvalue weighted by atomic mass is 16.5. The van der Waals surface area contributed by atoms with Crippen molar-refractivity contribution in [2.75, 3.05) is 41.0 Å². The monoisotopic (exact) mass is 594 g/mol. The predicted molar refractivity (Wildman–Crippen MR) is 173 cm³/mol. The molecule has 0 saturated carbocycles. The van der Waals surface area contributed by atoms with Crippen LogP contribution in [0.2, 0.25) is 0 Å². The van der Waals surface area contributed by atoms with Crippen LogP contribution >= 0.6 is 0 Å². The smallest absolute Gasteiger partial charge is 0.362 e. The van der Waals surface area contributed by atoms with Crippen molar-refractivity contribution in [2.24, 2.45) is 0 Å². The largest absolute Gasteiger partial charge is 0.477 e. The van der Waals surface area contributed by atoms with E-state index in [9.17, 15) is 19.8 Å². The molecule has 0 aromatic carbocycles. The van der Waals surface area contributed by atoms with Gasteiger partial charge in [0.05, 0.1) is 34.4 Å². The molecule has 0 rings (SSSR count). The van der Waals surface area contributed by atoms with Crippen molar-refractivity contribution in [3.63, 3.8) is 0 Å². The summed E-state index contributed by atoms with van der Waals surface area (Å²) in [4.78, 5) is 23.3. The average molecular weight is 595 g/mol. The summed E-state index contributed by atoms with van der Waals surface area (Å²) in [5.74, 6) is -1.16. The second kappa shape index (κ2) is 27.8. The van der Waals surface area contributed by atoms with Gasteiger partial charge in [-0.15, -0.1) is 0 Å². The van der Waals surface area contributed by atoms with Crippen LogP contribution in [0.1, 0.15) is 122 Å². The Morgan fingerprint density at radius 1 is 0.714 bits per heavy atom. The van der Waals surface area contributed by atoms with Gasteiger partial charge in [-0.1, -0.05) is 101 Å². The number of quaternary nitrogens is 1. The minimum atomic E-state index is -0.906. The van der Waals surface area contributed by atoms with Crippen molar-refractivity contribution < 1.29 is 33.8 Å². The van der Waals surface area contributed by atoms with E-state index in [-0.39, 0.29) is 25.8 Å². The van der Waals surface area contributed by atoms with Gasteiger partial charge >= 0.3 is 11.9 Å². The van der Waals surface area contributed by atoms with E-state index >= 15 is 0 Å². The molecule has 0 aliphatic rings. The van der Waals surface area contributed by atoms with Crippen LogP contribution in [0.5, 0.6) is 0 Å². The van der Waals surface area contributed by atoms with Crippen LogP contribution in [0.25, 0.3) is 0 Å². The van der Waals surface area contributed by atoms with Gasteiger partial charge in [0.25, 0.3) is 0 Å². The second-order valence-corrected chi connectivity index (χ2v) is 12.3. The molecule has 42 heavy (non-hydrogen) atoms. The highest BCUT2D eigenvalue weighted by Crippen LogP contribution is 2.12. The van der Waals surface area contributed by atoms with Crippen molar-refractivity contribution in [1.82, 2.24) is 0 Å². The molecule has 0 aliphatic heterocycles. The van der Waals surface area contributed by atoms with E-state index in [1.54, 1.807) is 0 Å². The van der Waals surface area contributed by atoms with E-state index < -0.39 is 18.1 Å². The van der Waals surface area contributed by atoms with Crippen LogP contribution in [0.3, 0.4) is 0 Å². The van der Waals surface area contributed by atoms with Gasteiger partial charge in [-0.2, -0.15) is 0 Å². The zero-order chi connectivity index (χ0) is 31.3. The number of hydrogen-bond donors (Lipinski definition) is 2. The molecule has 0 aliphatic carbocycles. The molecule has 2 atom stereocenters. The number of likely N-dealkylation sites (N-methyl/N-ethyl adjacent to an activating group) is 1. The summed E-state index contributed by atoms with van der Waals surface area (Å²) in [6.07, 6.45) is 32.5. The molecule has 0 fully saturated rings. The van der Waals surface area contributed by atoms with Crippen molar-refractivity contribution in [2.45, 2.75) is 135 Å². The number of carboxylic acids is 1. The highest BCUT2D eigenvalue weighted by Gasteiger charge is 2.30. The van der Waals surface area contributed by atoms with E-state index in [2.05, 4.69) is 43.4 Å². The molecule has 244 valence electrons. The van der Waals surface area contributed by atoms with Crippen molar-refractivity contribution in [1.29, 1.82) is 0 Å². The molecule has 0 heterocycles. The Kier molecular flexibility index (Phi) is 26.5. The molecule has 2 N–H and O–H groups in total. The number of aliphatic carboxylic acids is 1. The Balaban J connectivity index is 3.51. The minimum absolute atomic E-state index is 0.0165. The fraction of sp³-hybridized carbons (Fsp3) is 0.771. The summed E-state index contributed by atoms with van der Waals surface area (Å²) in [7, 11) is 5.47. The summed E-state index contributed by atoms with van der Waals surface area (Å²) >= 11 is 0. The molecular formula is C35H64NO6+. The van der Waals surface area contributed by atoms with Gasteiger partial charge in [0.2, 0.25) is 0 Å². The van der Waals surface area contributed by atoms with Crippen LogP contribution in [0, 0.1) is 0 Å². The predicted octanol–water partition coefficient (Wildman–Crippen LogP) is 7.78. The summed E-state index contributed by atoms with van der Waals surface area (Å²) in [6.45, 7) is 2.39. The topological polar surface area (TPSA) is 93.1 Å². The Hall–Kier alpha value is -1.96. The van der Waals surface area contributed by atoms with Gasteiger partial charge in [0.1, 0.15) is 12.7 Å². The van der Waals surface area contributed by atoms with Crippen LogP contribution in [-0.4, -0.2) is 79.7 Å². The first-order chi connectivity index (χ1) is 20.2. The first kappa shape index (κ1) is 40.0. The van der Waals surface area contributed by atoms with Gasteiger partial charge in [0.15, 0.2) is 6.04 Å². The lowest BCUT2D eigenvalue weighted by Crippen LogP contribution is -2.50. The third kappa shape index (κ3) is 26.9. The zero-order valence-corrected chi connectivity index (χ0v) is 27.4. The first-order valence-corrected chi connectivity index (χ1v) is 16.6. The van der Waals surface area contributed by atoms with E-state index in [0.717, 1.165) is 32.1 Å². The number of carbonyl (C=O) groups excluding carboxylic acids is 1. The maximum Gasteiger partial charge on any atom is 0.362 e. The van der Waals surface area contributed by atoms with Crippen LogP contribution in [0.15, 0.2) is 36.5 Å². The number of carbonyl (C=O) groups is 2. The molecule has 2 unspecified atom stereocenters. The maximum absolute atomic E-state index is 11.9. The second-order valence-electron chi connectivity index (χ2n) is 12.3. The minimum Gasteiger partial charge on any atom is -0.477 e. The average Bonchev–Trinajstić information content (AvgIpc) is 2.93. The standard InChI is InChI=1S/C35H63NO6/c1-5-6-7-8-9-10-11-12-13-14-15-16-17-18-19-20-21-22-23-24-25-26-27-34(38)42-31-32(37)30-41-29-28-33(35(39)40)36(2,3)4/h9-10,12-13,15-16,32-33,37H,5-8,11,14,17-31H2,1-4H3/p+1/b10-9+,13-12+,16-15+. The molecular weight excluding hydrogens is 530 g/mol. The van der Waals surface area contributed by atoms with Crippen molar-refractivity contribution >= 4 is 11.9 Å². The van der Waals surface area contributed by atoms with Gasteiger partial charge in [-0.05, 0) is 44.9 Å². The Morgan fingerprint density at radius 2 is 1.21 bits per heavy atom. The van der Waals surface area contributed by atoms with E-state index in [0.29, 0.717) is 17.3 Å². The molecule has 0 radical (unpaired) electrons. The Bertz CT molecular complexity index is 740. The van der Waals surface area contributed by atoms with Crippen molar-refractivity contribution in [3.8, 4) is 0 Å². The molecule has 7 heteroatoms. The number of unbranched alkanes of at least 4 members (excludes halogenated alkanes) is 12. The number of nitrogens with zero attached hydrogens (tertiary/aromatic N) is 1. The molecule has 0 amide bonds. The quantitative estimate of drug-likeness (QED) is 0.0398. The number of allylic oxidation sites excluding steroid dienone is 6. The SMILES string of the molecule is CCCCC/C=C/C/C=C/C/C=C/CCCCCCCCCCCC(=O)OCC(O)COCCC(C(=O)O)[N+](C)(C)C. The number of aliphatic hydroxyl groups is 1. The molecule has 0 spiro atoms. The van der Waals surface area contributed by atoms with Gasteiger partial charge in [-0.25, -0.2) is 4.79 Å². The zero-order valence-electron chi connectivity index (χ0n) is 27.4. The molecule has 0 saturated heterocycles. The van der Waals surface area contributed by atoms with Crippen molar-refractivity contribution in [3.05, 3.63) is 36.5 Å². The summed E-state index contributed by atoms with van der Waals surface area (Å²) in [6, 6.07) is -0.576. The number of hydrogen-bond acceptors (Lipinski definition) is 5.